The lowest BCUT2D eigenvalue weighted by Gasteiger charge is -2.21. The monoisotopic (exact) mass is 331 g/mol. The number of aryl methyl sites for hydroxylation is 1. The maximum absolute atomic E-state index is 12.2. The summed E-state index contributed by atoms with van der Waals surface area (Å²) in [6.07, 6.45) is 4.15. The van der Waals surface area contributed by atoms with E-state index in [2.05, 4.69) is 10.6 Å². The molecule has 7 heteroatoms. The standard InChI is InChI=1S/C17H21N3O4/c1-12-6-7-15(22-2)14(11-12)20-9-8-13(18-20)17(21)19-24-16-5-3-4-10-23-16/h6-9,11,16H,3-5,10H2,1-2H3,(H,19,21)/t16-/m0/s1. The summed E-state index contributed by atoms with van der Waals surface area (Å²) in [6, 6.07) is 7.40. The predicted molar refractivity (Wildman–Crippen MR) is 87.0 cm³/mol. The minimum atomic E-state index is -0.408. The first-order chi connectivity index (χ1) is 11.7. The Kier molecular flexibility index (Phi) is 5.12. The van der Waals surface area contributed by atoms with Crippen LogP contribution in [-0.4, -0.2) is 35.7 Å². The van der Waals surface area contributed by atoms with Gasteiger partial charge in [0.25, 0.3) is 5.91 Å². The fourth-order valence-electron chi connectivity index (χ4n) is 2.53. The highest BCUT2D eigenvalue weighted by molar-refractivity contribution is 5.91. The van der Waals surface area contributed by atoms with E-state index in [1.54, 1.807) is 24.1 Å². The molecule has 24 heavy (non-hydrogen) atoms. The zero-order chi connectivity index (χ0) is 16.9. The summed E-state index contributed by atoms with van der Waals surface area (Å²) >= 11 is 0. The third kappa shape index (κ3) is 3.74. The third-order valence-electron chi connectivity index (χ3n) is 3.82. The number of hydroxylamine groups is 1. The zero-order valence-corrected chi connectivity index (χ0v) is 13.8. The molecule has 0 aliphatic carbocycles. The molecule has 128 valence electrons. The molecule has 3 rings (SSSR count). The van der Waals surface area contributed by atoms with Crippen LogP contribution in [0.2, 0.25) is 0 Å². The number of amides is 1. The zero-order valence-electron chi connectivity index (χ0n) is 13.8. The summed E-state index contributed by atoms with van der Waals surface area (Å²) in [4.78, 5) is 17.4. The molecular weight excluding hydrogens is 310 g/mol. The van der Waals surface area contributed by atoms with Crippen LogP contribution in [0, 0.1) is 6.92 Å². The van der Waals surface area contributed by atoms with E-state index in [9.17, 15) is 4.79 Å². The minimum absolute atomic E-state index is 0.259. The van der Waals surface area contributed by atoms with Gasteiger partial charge in [-0.1, -0.05) is 6.07 Å². The van der Waals surface area contributed by atoms with Crippen molar-refractivity contribution < 1.29 is 19.1 Å². The van der Waals surface area contributed by atoms with E-state index in [1.165, 1.54) is 0 Å². The molecule has 1 aromatic heterocycles. The number of carbonyl (C=O) groups excluding carboxylic acids is 1. The number of methoxy groups -OCH3 is 1. The fraction of sp³-hybridized carbons (Fsp3) is 0.412. The molecule has 0 spiro atoms. The van der Waals surface area contributed by atoms with E-state index < -0.39 is 5.91 Å². The van der Waals surface area contributed by atoms with Gasteiger partial charge in [-0.25, -0.2) is 15.0 Å². The molecule has 7 nitrogen and oxygen atoms in total. The lowest BCUT2D eigenvalue weighted by molar-refractivity contribution is -0.186. The van der Waals surface area contributed by atoms with Gasteiger partial charge in [0.1, 0.15) is 11.4 Å². The van der Waals surface area contributed by atoms with Crippen LogP contribution < -0.4 is 10.2 Å². The number of nitrogens with one attached hydrogen (secondary N) is 1. The van der Waals surface area contributed by atoms with Crippen LogP contribution in [0.1, 0.15) is 35.3 Å². The molecule has 2 aromatic rings. The number of ether oxygens (including phenoxy) is 2. The number of hydrogen-bond donors (Lipinski definition) is 1. The van der Waals surface area contributed by atoms with E-state index in [4.69, 9.17) is 14.3 Å². The van der Waals surface area contributed by atoms with E-state index in [1.807, 2.05) is 25.1 Å². The van der Waals surface area contributed by atoms with Crippen molar-refractivity contribution in [3.8, 4) is 11.4 Å². The van der Waals surface area contributed by atoms with Crippen molar-refractivity contribution in [1.82, 2.24) is 15.3 Å². The molecule has 0 unspecified atom stereocenters. The summed E-state index contributed by atoms with van der Waals surface area (Å²) in [5, 5.41) is 4.30. The molecule has 2 heterocycles. The molecule has 1 aliphatic rings. The van der Waals surface area contributed by atoms with Crippen LogP contribution in [0.25, 0.3) is 5.69 Å². The average Bonchev–Trinajstić information content (AvgIpc) is 3.10. The van der Waals surface area contributed by atoms with Crippen molar-refractivity contribution in [1.29, 1.82) is 0 Å². The average molecular weight is 331 g/mol. The van der Waals surface area contributed by atoms with Crippen LogP contribution in [0.15, 0.2) is 30.5 Å². The van der Waals surface area contributed by atoms with Gasteiger partial charge in [-0.15, -0.1) is 0 Å². The van der Waals surface area contributed by atoms with E-state index >= 15 is 0 Å². The van der Waals surface area contributed by atoms with E-state index in [-0.39, 0.29) is 12.0 Å². The lowest BCUT2D eigenvalue weighted by Crippen LogP contribution is -2.33. The topological polar surface area (TPSA) is 74.6 Å². The highest BCUT2D eigenvalue weighted by Gasteiger charge is 2.18. The van der Waals surface area contributed by atoms with Gasteiger partial charge >= 0.3 is 0 Å². The molecule has 1 aliphatic heterocycles. The van der Waals surface area contributed by atoms with Gasteiger partial charge in [-0.2, -0.15) is 5.10 Å². The second-order valence-electron chi connectivity index (χ2n) is 5.67. The number of rotatable bonds is 5. The summed E-state index contributed by atoms with van der Waals surface area (Å²) in [5.41, 5.74) is 4.51. The highest BCUT2D eigenvalue weighted by atomic mass is 16.8. The fourth-order valence-corrected chi connectivity index (χ4v) is 2.53. The molecule has 1 atom stereocenters. The Bertz CT molecular complexity index is 708. The Labute approximate surface area is 140 Å². The maximum Gasteiger partial charge on any atom is 0.295 e. The lowest BCUT2D eigenvalue weighted by atomic mass is 10.2. The normalized spacial score (nSPS) is 17.5. The molecular formula is C17H21N3O4. The van der Waals surface area contributed by atoms with Gasteiger partial charge in [-0.05, 0) is 43.5 Å². The first kappa shape index (κ1) is 16.5. The Morgan fingerprint density at radius 3 is 3.00 bits per heavy atom. The van der Waals surface area contributed by atoms with Gasteiger partial charge in [0.2, 0.25) is 0 Å². The molecule has 0 saturated carbocycles. The maximum atomic E-state index is 12.2. The number of aromatic nitrogens is 2. The number of nitrogens with zero attached hydrogens (tertiary/aromatic N) is 2. The second kappa shape index (κ2) is 7.46. The third-order valence-corrected chi connectivity index (χ3v) is 3.82. The quantitative estimate of drug-likeness (QED) is 0.852. The van der Waals surface area contributed by atoms with Crippen LogP contribution in [-0.2, 0) is 9.57 Å². The van der Waals surface area contributed by atoms with Crippen LogP contribution in [0.4, 0.5) is 0 Å². The van der Waals surface area contributed by atoms with Crippen molar-refractivity contribution in [2.24, 2.45) is 0 Å². The molecule has 1 aromatic carbocycles. The van der Waals surface area contributed by atoms with Crippen molar-refractivity contribution in [3.63, 3.8) is 0 Å². The van der Waals surface area contributed by atoms with Gasteiger partial charge in [0.05, 0.1) is 7.11 Å². The first-order valence-corrected chi connectivity index (χ1v) is 7.95. The van der Waals surface area contributed by atoms with Crippen molar-refractivity contribution >= 4 is 5.91 Å². The van der Waals surface area contributed by atoms with Crippen LogP contribution in [0.3, 0.4) is 0 Å². The number of hydrogen-bond acceptors (Lipinski definition) is 5. The Balaban J connectivity index is 1.68. The van der Waals surface area contributed by atoms with Crippen molar-refractivity contribution in [2.45, 2.75) is 32.5 Å². The second-order valence-corrected chi connectivity index (χ2v) is 5.67. The van der Waals surface area contributed by atoms with Gasteiger partial charge < -0.3 is 9.47 Å². The summed E-state index contributed by atoms with van der Waals surface area (Å²) in [5.74, 6) is 0.275. The summed E-state index contributed by atoms with van der Waals surface area (Å²) in [6.45, 7) is 2.64. The van der Waals surface area contributed by atoms with Crippen molar-refractivity contribution in [2.75, 3.05) is 13.7 Å². The molecule has 1 saturated heterocycles. The smallest absolute Gasteiger partial charge is 0.295 e. The Morgan fingerprint density at radius 2 is 2.25 bits per heavy atom. The number of carbonyl (C=O) groups is 1. The molecule has 1 amide bonds. The van der Waals surface area contributed by atoms with Crippen molar-refractivity contribution in [3.05, 3.63) is 41.7 Å². The highest BCUT2D eigenvalue weighted by Crippen LogP contribution is 2.23. The molecule has 1 N–H and O–H groups in total. The largest absolute Gasteiger partial charge is 0.494 e. The summed E-state index contributed by atoms with van der Waals surface area (Å²) in [7, 11) is 1.60. The van der Waals surface area contributed by atoms with Gasteiger partial charge in [-0.3, -0.25) is 4.79 Å². The Morgan fingerprint density at radius 1 is 1.38 bits per heavy atom. The predicted octanol–water partition coefficient (Wildman–Crippen LogP) is 2.38. The van der Waals surface area contributed by atoms with Gasteiger partial charge in [0, 0.05) is 19.2 Å². The number of benzene rings is 1. The minimum Gasteiger partial charge on any atom is -0.494 e. The van der Waals surface area contributed by atoms with Crippen LogP contribution >= 0.6 is 0 Å². The van der Waals surface area contributed by atoms with E-state index in [0.717, 1.165) is 30.5 Å². The molecule has 0 radical (unpaired) electrons. The Hall–Kier alpha value is -2.38. The molecule has 0 bridgehead atoms. The van der Waals surface area contributed by atoms with Crippen LogP contribution in [0.5, 0.6) is 5.75 Å². The summed E-state index contributed by atoms with van der Waals surface area (Å²) < 4.78 is 12.4. The SMILES string of the molecule is COc1ccc(C)cc1-n1ccc(C(=O)NO[C@H]2CCCCO2)n1. The molecule has 1 fully saturated rings. The van der Waals surface area contributed by atoms with E-state index in [0.29, 0.717) is 12.4 Å². The first-order valence-electron chi connectivity index (χ1n) is 7.95. The van der Waals surface area contributed by atoms with Gasteiger partial charge in [0.15, 0.2) is 12.0 Å².